The molecule has 2 aromatic heterocycles. The topological polar surface area (TPSA) is 79.4 Å². The number of guanidine groups is 1. The summed E-state index contributed by atoms with van der Waals surface area (Å²) >= 11 is 0. The van der Waals surface area contributed by atoms with E-state index in [0.29, 0.717) is 13.1 Å². The third kappa shape index (κ3) is 3.78. The maximum Gasteiger partial charge on any atom is 0.194 e. The molecule has 106 valence electrons. The van der Waals surface area contributed by atoms with Gasteiger partial charge in [-0.05, 0) is 13.0 Å². The van der Waals surface area contributed by atoms with Crippen molar-refractivity contribution in [2.24, 2.45) is 4.99 Å². The minimum atomic E-state index is 0.596. The Labute approximate surface area is 117 Å². The van der Waals surface area contributed by atoms with Crippen LogP contribution in [0.1, 0.15) is 17.2 Å². The zero-order valence-electron chi connectivity index (χ0n) is 11.9. The molecule has 2 heterocycles. The Hall–Kier alpha value is -2.44. The van der Waals surface area contributed by atoms with E-state index in [1.165, 1.54) is 0 Å². The lowest BCUT2D eigenvalue weighted by atomic mass is 10.4. The Balaban J connectivity index is 1.92. The van der Waals surface area contributed by atoms with Gasteiger partial charge in [0.05, 0.1) is 18.8 Å². The quantitative estimate of drug-likeness (QED) is 0.661. The van der Waals surface area contributed by atoms with Crippen molar-refractivity contribution in [2.75, 3.05) is 14.1 Å². The highest BCUT2D eigenvalue weighted by atomic mass is 16.5. The summed E-state index contributed by atoms with van der Waals surface area (Å²) < 4.78 is 4.82. The van der Waals surface area contributed by atoms with Crippen LogP contribution in [0.4, 0.5) is 0 Å². The van der Waals surface area contributed by atoms with Crippen molar-refractivity contribution in [2.45, 2.75) is 20.0 Å². The molecule has 7 heteroatoms. The van der Waals surface area contributed by atoms with Gasteiger partial charge in [0.1, 0.15) is 17.8 Å². The summed E-state index contributed by atoms with van der Waals surface area (Å²) in [5, 5.41) is 7.14. The van der Waals surface area contributed by atoms with E-state index in [1.54, 1.807) is 19.5 Å². The number of hydrogen-bond acceptors (Lipinski definition) is 5. The summed E-state index contributed by atoms with van der Waals surface area (Å²) in [6, 6.07) is 3.71. The zero-order chi connectivity index (χ0) is 14.4. The lowest BCUT2D eigenvalue weighted by Gasteiger charge is -2.20. The fourth-order valence-electron chi connectivity index (χ4n) is 1.79. The van der Waals surface area contributed by atoms with Crippen molar-refractivity contribution in [1.82, 2.24) is 25.3 Å². The number of aliphatic imine (C=N–C) groups is 1. The third-order valence-electron chi connectivity index (χ3n) is 2.73. The molecule has 0 saturated carbocycles. The van der Waals surface area contributed by atoms with Crippen LogP contribution in [0.5, 0.6) is 0 Å². The summed E-state index contributed by atoms with van der Waals surface area (Å²) in [6.45, 7) is 3.09. The van der Waals surface area contributed by atoms with Crippen LogP contribution in [0.25, 0.3) is 0 Å². The van der Waals surface area contributed by atoms with Crippen molar-refractivity contribution in [3.63, 3.8) is 0 Å². The Morgan fingerprint density at radius 3 is 2.90 bits per heavy atom. The van der Waals surface area contributed by atoms with Gasteiger partial charge in [0.25, 0.3) is 0 Å². The van der Waals surface area contributed by atoms with Gasteiger partial charge in [0.15, 0.2) is 5.96 Å². The first-order valence-electron chi connectivity index (χ1n) is 6.28. The molecule has 0 radical (unpaired) electrons. The highest BCUT2D eigenvalue weighted by Gasteiger charge is 2.08. The molecular weight excluding hydrogens is 256 g/mol. The first-order chi connectivity index (χ1) is 9.69. The molecule has 0 aliphatic carbocycles. The van der Waals surface area contributed by atoms with Gasteiger partial charge in [-0.3, -0.25) is 4.99 Å². The van der Waals surface area contributed by atoms with Gasteiger partial charge in [-0.15, -0.1) is 0 Å². The molecule has 0 amide bonds. The molecule has 2 aromatic rings. The summed E-state index contributed by atoms with van der Waals surface area (Å²) in [7, 11) is 3.68. The molecule has 0 saturated heterocycles. The van der Waals surface area contributed by atoms with Gasteiger partial charge < -0.3 is 14.7 Å². The van der Waals surface area contributed by atoms with E-state index >= 15 is 0 Å². The Kier molecular flexibility index (Phi) is 4.65. The average Bonchev–Trinajstić information content (AvgIpc) is 2.92. The van der Waals surface area contributed by atoms with Crippen molar-refractivity contribution >= 4 is 5.96 Å². The fraction of sp³-hybridized carbons (Fsp3) is 0.385. The second-order valence-corrected chi connectivity index (χ2v) is 4.34. The van der Waals surface area contributed by atoms with Crippen LogP contribution in [0.3, 0.4) is 0 Å². The first kappa shape index (κ1) is 14.0. The van der Waals surface area contributed by atoms with Gasteiger partial charge in [0.2, 0.25) is 0 Å². The van der Waals surface area contributed by atoms with Crippen LogP contribution < -0.4 is 5.32 Å². The molecular formula is C13H18N6O. The average molecular weight is 274 g/mol. The molecule has 0 aliphatic rings. The lowest BCUT2D eigenvalue weighted by Crippen LogP contribution is -2.38. The number of aryl methyl sites for hydroxylation is 1. The van der Waals surface area contributed by atoms with Gasteiger partial charge in [0, 0.05) is 26.4 Å². The SMILES string of the molecule is CN=C(NCc1ccnc(C)n1)N(C)Cc1ccon1. The smallest absolute Gasteiger partial charge is 0.194 e. The maximum atomic E-state index is 4.82. The molecule has 1 N–H and O–H groups in total. The molecule has 0 aliphatic heterocycles. The Morgan fingerprint density at radius 1 is 1.40 bits per heavy atom. The predicted octanol–water partition coefficient (Wildman–Crippen LogP) is 0.980. The van der Waals surface area contributed by atoms with E-state index in [0.717, 1.165) is 23.2 Å². The molecule has 2 rings (SSSR count). The summed E-state index contributed by atoms with van der Waals surface area (Å²) in [4.78, 5) is 14.6. The molecule has 0 unspecified atom stereocenters. The molecule has 7 nitrogen and oxygen atoms in total. The molecule has 0 aromatic carbocycles. The molecule has 0 spiro atoms. The van der Waals surface area contributed by atoms with E-state index in [2.05, 4.69) is 25.4 Å². The normalized spacial score (nSPS) is 11.4. The van der Waals surface area contributed by atoms with Crippen molar-refractivity contribution in [1.29, 1.82) is 0 Å². The fourth-order valence-corrected chi connectivity index (χ4v) is 1.79. The summed E-state index contributed by atoms with van der Waals surface area (Å²) in [6.07, 6.45) is 3.31. The number of nitrogens with zero attached hydrogens (tertiary/aromatic N) is 5. The van der Waals surface area contributed by atoms with Crippen LogP contribution in [-0.2, 0) is 13.1 Å². The van der Waals surface area contributed by atoms with Crippen molar-refractivity contribution in [3.05, 3.63) is 41.8 Å². The lowest BCUT2D eigenvalue weighted by molar-refractivity contribution is 0.391. The minimum Gasteiger partial charge on any atom is -0.364 e. The van der Waals surface area contributed by atoms with E-state index < -0.39 is 0 Å². The minimum absolute atomic E-state index is 0.596. The van der Waals surface area contributed by atoms with E-state index in [9.17, 15) is 0 Å². The summed E-state index contributed by atoms with van der Waals surface area (Å²) in [5.41, 5.74) is 1.78. The highest BCUT2D eigenvalue weighted by Crippen LogP contribution is 2.01. The Morgan fingerprint density at radius 2 is 2.25 bits per heavy atom. The van der Waals surface area contributed by atoms with E-state index in [-0.39, 0.29) is 0 Å². The van der Waals surface area contributed by atoms with Crippen LogP contribution in [0.2, 0.25) is 0 Å². The van der Waals surface area contributed by atoms with Crippen molar-refractivity contribution in [3.8, 4) is 0 Å². The number of rotatable bonds is 4. The largest absolute Gasteiger partial charge is 0.364 e. The second-order valence-electron chi connectivity index (χ2n) is 4.34. The molecule has 0 bridgehead atoms. The zero-order valence-corrected chi connectivity index (χ0v) is 11.9. The Bertz CT molecular complexity index is 566. The number of hydrogen-bond donors (Lipinski definition) is 1. The molecule has 0 fully saturated rings. The van der Waals surface area contributed by atoms with E-state index in [1.807, 2.05) is 31.0 Å². The van der Waals surface area contributed by atoms with Gasteiger partial charge >= 0.3 is 0 Å². The van der Waals surface area contributed by atoms with Crippen LogP contribution >= 0.6 is 0 Å². The molecule has 20 heavy (non-hydrogen) atoms. The van der Waals surface area contributed by atoms with Gasteiger partial charge in [-0.25, -0.2) is 9.97 Å². The molecule has 0 atom stereocenters. The van der Waals surface area contributed by atoms with Gasteiger partial charge in [-0.2, -0.15) is 0 Å². The summed E-state index contributed by atoms with van der Waals surface area (Å²) in [5.74, 6) is 1.53. The van der Waals surface area contributed by atoms with Crippen LogP contribution in [0.15, 0.2) is 34.1 Å². The van der Waals surface area contributed by atoms with Gasteiger partial charge in [-0.1, -0.05) is 5.16 Å². The van der Waals surface area contributed by atoms with Crippen LogP contribution in [-0.4, -0.2) is 40.1 Å². The maximum absolute atomic E-state index is 4.82. The van der Waals surface area contributed by atoms with E-state index in [4.69, 9.17) is 4.52 Å². The first-order valence-corrected chi connectivity index (χ1v) is 6.28. The van der Waals surface area contributed by atoms with Crippen molar-refractivity contribution < 1.29 is 4.52 Å². The number of aromatic nitrogens is 3. The second kappa shape index (κ2) is 6.65. The predicted molar refractivity (Wildman–Crippen MR) is 74.9 cm³/mol. The standard InChI is InChI=1S/C13H18N6O/c1-10-15-6-4-11(17-10)8-16-13(14-2)19(3)9-12-5-7-20-18-12/h4-7H,8-9H2,1-3H3,(H,14,16). The third-order valence-corrected chi connectivity index (χ3v) is 2.73. The number of nitrogens with one attached hydrogen (secondary N) is 1. The van der Waals surface area contributed by atoms with Crippen LogP contribution in [0, 0.1) is 6.92 Å². The monoisotopic (exact) mass is 274 g/mol. The highest BCUT2D eigenvalue weighted by molar-refractivity contribution is 5.79.